The molecule has 3 aromatic carbocycles. The number of carbonyl (C=O) groups is 2. The molecule has 1 heterocycles. The summed E-state index contributed by atoms with van der Waals surface area (Å²) < 4.78 is 7.11. The van der Waals surface area contributed by atoms with Crippen LogP contribution in [0.5, 0.6) is 5.88 Å². The third kappa shape index (κ3) is 8.72. The lowest BCUT2D eigenvalue weighted by Gasteiger charge is -2.17. The Morgan fingerprint density at radius 3 is 2.17 bits per heavy atom. The van der Waals surface area contributed by atoms with Crippen molar-refractivity contribution >= 4 is 51.8 Å². The molecule has 0 radical (unpaired) electrons. The lowest BCUT2D eigenvalue weighted by atomic mass is 10.0. The molecule has 0 aliphatic rings. The Balaban J connectivity index is 0.000000268. The number of nitro benzene ring substituents is 2. The number of carbonyl (C=O) groups excluding carboxylic acids is 2. The third-order valence-corrected chi connectivity index (χ3v) is 8.06. The van der Waals surface area contributed by atoms with Crippen molar-refractivity contribution in [2.75, 3.05) is 11.9 Å². The van der Waals surface area contributed by atoms with Crippen LogP contribution in [0.15, 0.2) is 54.6 Å². The molecule has 248 valence electrons. The van der Waals surface area contributed by atoms with E-state index in [1.807, 2.05) is 19.9 Å². The van der Waals surface area contributed by atoms with Crippen molar-refractivity contribution in [2.45, 2.75) is 53.5 Å². The number of aromatic nitrogens is 2. The monoisotopic (exact) mass is 683 g/mol. The second kappa shape index (κ2) is 16.1. The van der Waals surface area contributed by atoms with E-state index in [1.165, 1.54) is 16.8 Å². The molecule has 0 saturated heterocycles. The zero-order chi connectivity index (χ0) is 35.0. The van der Waals surface area contributed by atoms with Gasteiger partial charge in [-0.1, -0.05) is 67.4 Å². The summed E-state index contributed by atoms with van der Waals surface area (Å²) >= 11 is 12.1. The second-order valence-corrected chi connectivity index (χ2v) is 11.5. The molecule has 0 atom stereocenters. The number of rotatable bonds is 12. The van der Waals surface area contributed by atoms with Crippen LogP contribution >= 0.6 is 23.2 Å². The van der Waals surface area contributed by atoms with Crippen molar-refractivity contribution in [3.05, 3.63) is 118 Å². The number of ketones is 2. The highest BCUT2D eigenvalue weighted by Gasteiger charge is 2.30. The second-order valence-electron chi connectivity index (χ2n) is 10.7. The number of anilines is 1. The maximum absolute atomic E-state index is 13.0. The first-order valence-electron chi connectivity index (χ1n) is 14.6. The molecule has 4 rings (SSSR count). The molecule has 0 unspecified atom stereocenters. The van der Waals surface area contributed by atoms with Gasteiger partial charge in [-0.15, -0.1) is 0 Å². The fourth-order valence-electron chi connectivity index (χ4n) is 4.81. The first-order chi connectivity index (χ1) is 22.2. The topological polar surface area (TPSA) is 160 Å². The van der Waals surface area contributed by atoms with Crippen LogP contribution in [0.4, 0.5) is 17.1 Å². The maximum atomic E-state index is 13.0. The van der Waals surface area contributed by atoms with Crippen molar-refractivity contribution in [2.24, 2.45) is 7.05 Å². The van der Waals surface area contributed by atoms with Crippen molar-refractivity contribution < 1.29 is 24.2 Å². The fourth-order valence-corrected chi connectivity index (χ4v) is 5.30. The summed E-state index contributed by atoms with van der Waals surface area (Å²) in [6.07, 6.45) is 1.47. The number of benzene rings is 3. The zero-order valence-corrected chi connectivity index (χ0v) is 28.3. The number of aryl methyl sites for hydroxylation is 3. The van der Waals surface area contributed by atoms with Crippen molar-refractivity contribution in [3.8, 4) is 5.88 Å². The maximum Gasteiger partial charge on any atom is 0.302 e. The highest BCUT2D eigenvalue weighted by atomic mass is 35.5. The van der Waals surface area contributed by atoms with Gasteiger partial charge in [-0.05, 0) is 57.4 Å². The predicted molar refractivity (Wildman–Crippen MR) is 181 cm³/mol. The highest BCUT2D eigenvalue weighted by molar-refractivity contribution is 6.37. The fraction of sp³-hybridized carbons (Fsp3) is 0.303. The lowest BCUT2D eigenvalue weighted by Crippen LogP contribution is -2.19. The average molecular weight is 685 g/mol. The molecule has 0 spiro atoms. The van der Waals surface area contributed by atoms with Gasteiger partial charge in [0.2, 0.25) is 11.7 Å². The summed E-state index contributed by atoms with van der Waals surface area (Å²) in [4.78, 5) is 46.6. The van der Waals surface area contributed by atoms with Crippen molar-refractivity contribution in [3.63, 3.8) is 0 Å². The Bertz CT molecular complexity index is 1810. The van der Waals surface area contributed by atoms with E-state index in [4.69, 9.17) is 27.9 Å². The molecule has 47 heavy (non-hydrogen) atoms. The number of hydrogen-bond donors (Lipinski definition) is 1. The van der Waals surface area contributed by atoms with E-state index in [2.05, 4.69) is 10.4 Å². The van der Waals surface area contributed by atoms with E-state index in [9.17, 15) is 29.8 Å². The number of halogens is 2. The number of nitro groups is 2. The van der Waals surface area contributed by atoms with Crippen LogP contribution in [0.25, 0.3) is 0 Å². The summed E-state index contributed by atoms with van der Waals surface area (Å²) in [5.41, 5.74) is 2.12. The minimum absolute atomic E-state index is 0.0109. The molecular weight excluding hydrogens is 649 g/mol. The lowest BCUT2D eigenvalue weighted by molar-refractivity contribution is -0.392. The molecule has 0 fully saturated rings. The molecule has 0 saturated carbocycles. The predicted octanol–water partition coefficient (Wildman–Crippen LogP) is 8.25. The Hall–Kier alpha value is -4.81. The molecule has 4 aromatic rings. The number of ether oxygens (including phenoxy) is 1. The first-order valence-corrected chi connectivity index (χ1v) is 15.4. The largest absolute Gasteiger partial charge is 0.469 e. The van der Waals surface area contributed by atoms with E-state index in [1.54, 1.807) is 64.2 Å². The molecule has 14 heteroatoms. The first kappa shape index (κ1) is 36.7. The van der Waals surface area contributed by atoms with Crippen LogP contribution in [0, 0.1) is 41.0 Å². The Labute approximate surface area is 281 Å². The summed E-state index contributed by atoms with van der Waals surface area (Å²) in [5, 5.41) is 30.3. The Morgan fingerprint density at radius 2 is 1.62 bits per heavy atom. The normalized spacial score (nSPS) is 10.7. The van der Waals surface area contributed by atoms with E-state index < -0.39 is 9.85 Å². The van der Waals surface area contributed by atoms with Crippen LogP contribution in [-0.4, -0.2) is 43.8 Å². The van der Waals surface area contributed by atoms with Crippen molar-refractivity contribution in [1.29, 1.82) is 0 Å². The van der Waals surface area contributed by atoms with Gasteiger partial charge in [0, 0.05) is 40.9 Å². The van der Waals surface area contributed by atoms with Gasteiger partial charge < -0.3 is 10.1 Å². The highest BCUT2D eigenvalue weighted by Crippen LogP contribution is 2.39. The van der Waals surface area contributed by atoms with Gasteiger partial charge in [0.1, 0.15) is 5.56 Å². The average Bonchev–Trinajstić information content (AvgIpc) is 3.32. The van der Waals surface area contributed by atoms with Crippen LogP contribution in [0.1, 0.15) is 69.8 Å². The SMILES string of the molecule is CCC(CC)Nc1c([N+](=O)[O-])cc(C)c(C)c1[N+](=O)[O-].Cc1nn(C)c(OCC(=O)c2ccccc2)c1C(=O)c1ccc(Cl)cc1Cl. The summed E-state index contributed by atoms with van der Waals surface area (Å²) in [6, 6.07) is 14.8. The van der Waals surface area contributed by atoms with E-state index in [-0.39, 0.29) is 63.3 Å². The van der Waals surface area contributed by atoms with Crippen LogP contribution < -0.4 is 10.1 Å². The smallest absolute Gasteiger partial charge is 0.302 e. The van der Waals surface area contributed by atoms with Crippen LogP contribution in [0.3, 0.4) is 0 Å². The number of Topliss-reactive ketones (excluding diaryl/α,β-unsaturated/α-hetero) is 1. The van der Waals surface area contributed by atoms with Gasteiger partial charge in [0.25, 0.3) is 5.69 Å². The third-order valence-electron chi connectivity index (χ3n) is 7.51. The Morgan fingerprint density at radius 1 is 0.979 bits per heavy atom. The quantitative estimate of drug-likeness (QED) is 0.0880. The van der Waals surface area contributed by atoms with E-state index in [0.717, 1.165) is 12.8 Å². The van der Waals surface area contributed by atoms with Crippen LogP contribution in [0.2, 0.25) is 10.0 Å². The van der Waals surface area contributed by atoms with Gasteiger partial charge in [0.15, 0.2) is 18.1 Å². The number of nitrogens with one attached hydrogen (secondary N) is 1. The molecule has 0 amide bonds. The molecule has 12 nitrogen and oxygen atoms in total. The molecule has 1 N–H and O–H groups in total. The van der Waals surface area contributed by atoms with E-state index in [0.29, 0.717) is 27.4 Å². The minimum atomic E-state index is -0.579. The molecule has 0 aliphatic heterocycles. The summed E-state index contributed by atoms with van der Waals surface area (Å²) in [7, 11) is 1.65. The zero-order valence-electron chi connectivity index (χ0n) is 26.8. The van der Waals surface area contributed by atoms with Gasteiger partial charge in [-0.3, -0.25) is 29.8 Å². The van der Waals surface area contributed by atoms with Gasteiger partial charge in [-0.2, -0.15) is 5.10 Å². The van der Waals surface area contributed by atoms with E-state index >= 15 is 0 Å². The standard InChI is InChI=1S/C20H16Cl2N2O3.C13H19N3O4/c1-12-18(19(26)15-9-8-14(21)10-16(15)22)20(24(2)23-12)27-11-17(25)13-6-4-3-5-7-13;1-5-10(6-2)14-12-11(15(17)18)7-8(3)9(4)13(12)16(19)20/h3-10H,11H2,1-2H3;7,10,14H,5-6H2,1-4H3. The molecule has 1 aromatic heterocycles. The van der Waals surface area contributed by atoms with Crippen LogP contribution in [-0.2, 0) is 7.05 Å². The Kier molecular flexibility index (Phi) is 12.6. The molecule has 0 bridgehead atoms. The summed E-state index contributed by atoms with van der Waals surface area (Å²) in [5.74, 6) is -0.324. The van der Waals surface area contributed by atoms with Gasteiger partial charge in [0.05, 0.1) is 20.6 Å². The minimum Gasteiger partial charge on any atom is -0.469 e. The van der Waals surface area contributed by atoms with Crippen molar-refractivity contribution in [1.82, 2.24) is 9.78 Å². The summed E-state index contributed by atoms with van der Waals surface area (Å²) in [6.45, 7) is 8.59. The number of hydrogen-bond acceptors (Lipinski definition) is 9. The molecule has 0 aliphatic carbocycles. The molecular formula is C33H35Cl2N5O7. The van der Waals surface area contributed by atoms with Gasteiger partial charge in [-0.25, -0.2) is 4.68 Å². The number of nitrogens with zero attached hydrogens (tertiary/aromatic N) is 4. The van der Waals surface area contributed by atoms with Gasteiger partial charge >= 0.3 is 5.69 Å².